The van der Waals surface area contributed by atoms with Crippen LogP contribution in [0.1, 0.15) is 37.3 Å². The molecule has 0 bridgehead atoms. The zero-order valence-corrected chi connectivity index (χ0v) is 13.0. The number of nitrogens with zero attached hydrogens (tertiary/aromatic N) is 1. The molecule has 0 aliphatic rings. The average molecular weight is 327 g/mol. The lowest BCUT2D eigenvalue weighted by Crippen LogP contribution is -2.14. The maximum Gasteiger partial charge on any atom is 0.265 e. The van der Waals surface area contributed by atoms with Crippen LogP contribution < -0.4 is 5.56 Å². The van der Waals surface area contributed by atoms with E-state index >= 15 is 0 Å². The van der Waals surface area contributed by atoms with Crippen LogP contribution in [0.2, 0.25) is 0 Å². The molecule has 2 aromatic heterocycles. The van der Waals surface area contributed by atoms with E-state index in [-0.39, 0.29) is 11.5 Å². The lowest BCUT2D eigenvalue weighted by Gasteiger charge is -2.08. The Morgan fingerprint density at radius 2 is 2.17 bits per heavy atom. The van der Waals surface area contributed by atoms with Gasteiger partial charge in [0.1, 0.15) is 4.47 Å². The highest BCUT2D eigenvalue weighted by molar-refractivity contribution is 9.10. The van der Waals surface area contributed by atoms with Gasteiger partial charge in [-0.15, -0.1) is 11.3 Å². The van der Waals surface area contributed by atoms with Gasteiger partial charge in [0.2, 0.25) is 0 Å². The molecule has 0 fully saturated rings. The number of aromatic amines is 1. The lowest BCUT2D eigenvalue weighted by atomic mass is 10.1. The first-order valence-electron chi connectivity index (χ1n) is 5.91. The average Bonchev–Trinajstić information content (AvgIpc) is 2.80. The Morgan fingerprint density at radius 1 is 1.44 bits per heavy atom. The minimum Gasteiger partial charge on any atom is -0.305 e. The van der Waals surface area contributed by atoms with Crippen molar-refractivity contribution in [2.75, 3.05) is 0 Å². The van der Waals surface area contributed by atoms with E-state index in [9.17, 15) is 4.79 Å². The molecule has 0 spiro atoms. The van der Waals surface area contributed by atoms with Crippen LogP contribution in [0.15, 0.2) is 21.4 Å². The van der Waals surface area contributed by atoms with Crippen molar-refractivity contribution in [1.82, 2.24) is 9.97 Å². The van der Waals surface area contributed by atoms with E-state index in [4.69, 9.17) is 0 Å². The minimum absolute atomic E-state index is 0.116. The maximum absolute atomic E-state index is 11.9. The number of aryl methyl sites for hydroxylation is 1. The highest BCUT2D eigenvalue weighted by atomic mass is 79.9. The summed E-state index contributed by atoms with van der Waals surface area (Å²) in [5.41, 5.74) is 0.690. The van der Waals surface area contributed by atoms with Gasteiger partial charge in [-0.1, -0.05) is 20.8 Å². The molecule has 3 nitrogen and oxygen atoms in total. The molecule has 96 valence electrons. The molecule has 0 saturated heterocycles. The molecule has 0 amide bonds. The van der Waals surface area contributed by atoms with E-state index in [1.807, 2.05) is 19.9 Å². The van der Waals surface area contributed by atoms with Crippen molar-refractivity contribution in [3.63, 3.8) is 0 Å². The van der Waals surface area contributed by atoms with Crippen LogP contribution in [0.5, 0.6) is 0 Å². The topological polar surface area (TPSA) is 45.8 Å². The zero-order valence-electron chi connectivity index (χ0n) is 10.6. The van der Waals surface area contributed by atoms with Crippen LogP contribution >= 0.6 is 27.3 Å². The van der Waals surface area contributed by atoms with Crippen molar-refractivity contribution in [2.24, 2.45) is 0 Å². The van der Waals surface area contributed by atoms with E-state index in [2.05, 4.69) is 38.9 Å². The van der Waals surface area contributed by atoms with Gasteiger partial charge in [-0.3, -0.25) is 4.79 Å². The molecule has 0 saturated carbocycles. The summed E-state index contributed by atoms with van der Waals surface area (Å²) < 4.78 is 0.536. The first kappa shape index (κ1) is 13.5. The van der Waals surface area contributed by atoms with Crippen molar-refractivity contribution in [1.29, 1.82) is 0 Å². The van der Waals surface area contributed by atoms with Crippen LogP contribution in [0.3, 0.4) is 0 Å². The van der Waals surface area contributed by atoms with Gasteiger partial charge in [-0.2, -0.15) is 0 Å². The van der Waals surface area contributed by atoms with Crippen molar-refractivity contribution in [3.8, 4) is 10.7 Å². The molecule has 0 unspecified atom stereocenters. The van der Waals surface area contributed by atoms with E-state index < -0.39 is 0 Å². The highest BCUT2D eigenvalue weighted by Gasteiger charge is 2.14. The highest BCUT2D eigenvalue weighted by Crippen LogP contribution is 2.27. The fraction of sp³-hybridized carbons (Fsp3) is 0.385. The van der Waals surface area contributed by atoms with Crippen molar-refractivity contribution < 1.29 is 0 Å². The van der Waals surface area contributed by atoms with Crippen LogP contribution in [-0.2, 0) is 6.42 Å². The van der Waals surface area contributed by atoms with E-state index in [0.717, 1.165) is 17.0 Å². The van der Waals surface area contributed by atoms with E-state index in [0.29, 0.717) is 10.3 Å². The third-order valence-corrected chi connectivity index (χ3v) is 4.68. The van der Waals surface area contributed by atoms with Gasteiger partial charge in [0, 0.05) is 4.88 Å². The summed E-state index contributed by atoms with van der Waals surface area (Å²) in [6, 6.07) is 4.09. The molecule has 0 aromatic carbocycles. The third kappa shape index (κ3) is 2.57. The van der Waals surface area contributed by atoms with Gasteiger partial charge in [0.15, 0.2) is 5.82 Å². The summed E-state index contributed by atoms with van der Waals surface area (Å²) in [5.74, 6) is 0.877. The largest absolute Gasteiger partial charge is 0.305 e. The Morgan fingerprint density at radius 3 is 2.72 bits per heavy atom. The number of hydrogen-bond acceptors (Lipinski definition) is 3. The van der Waals surface area contributed by atoms with Gasteiger partial charge in [-0.25, -0.2) is 4.98 Å². The molecule has 18 heavy (non-hydrogen) atoms. The Kier molecular flexibility index (Phi) is 4.02. The number of halogens is 1. The van der Waals surface area contributed by atoms with Gasteiger partial charge in [0.25, 0.3) is 5.56 Å². The van der Waals surface area contributed by atoms with Crippen LogP contribution in [0, 0.1) is 0 Å². The van der Waals surface area contributed by atoms with Crippen molar-refractivity contribution >= 4 is 27.3 Å². The molecule has 0 aliphatic heterocycles. The quantitative estimate of drug-likeness (QED) is 0.928. The molecule has 0 atom stereocenters. The smallest absolute Gasteiger partial charge is 0.265 e. The SMILES string of the molecule is CCc1ccc(-c2nc(C(C)C)c(Br)c(=O)[nH]2)s1. The summed E-state index contributed by atoms with van der Waals surface area (Å²) in [5, 5.41) is 0. The van der Waals surface area contributed by atoms with Crippen LogP contribution in [0.4, 0.5) is 0 Å². The number of nitrogens with one attached hydrogen (secondary N) is 1. The van der Waals surface area contributed by atoms with Gasteiger partial charge >= 0.3 is 0 Å². The molecule has 2 heterocycles. The molecule has 1 N–H and O–H groups in total. The summed E-state index contributed by atoms with van der Waals surface area (Å²) in [7, 11) is 0. The predicted octanol–water partition coefficient (Wildman–Crippen LogP) is 3.95. The fourth-order valence-corrected chi connectivity index (χ4v) is 3.21. The molecule has 5 heteroatoms. The summed E-state index contributed by atoms with van der Waals surface area (Å²) in [4.78, 5) is 21.6. The predicted molar refractivity (Wildman–Crippen MR) is 79.3 cm³/mol. The van der Waals surface area contributed by atoms with Crippen molar-refractivity contribution in [2.45, 2.75) is 33.1 Å². The Balaban J connectivity index is 2.55. The molecule has 0 aliphatic carbocycles. The number of H-pyrrole nitrogens is 1. The summed E-state index contributed by atoms with van der Waals surface area (Å²) in [6.07, 6.45) is 1.00. The zero-order chi connectivity index (χ0) is 13.3. The molecular formula is C13H15BrN2OS. The number of thiophene rings is 1. The number of aromatic nitrogens is 2. The second-order valence-electron chi connectivity index (χ2n) is 4.39. The van der Waals surface area contributed by atoms with Crippen LogP contribution in [-0.4, -0.2) is 9.97 Å². The number of hydrogen-bond donors (Lipinski definition) is 1. The first-order valence-corrected chi connectivity index (χ1v) is 7.52. The van der Waals surface area contributed by atoms with Crippen molar-refractivity contribution in [3.05, 3.63) is 37.5 Å². The van der Waals surface area contributed by atoms with E-state index in [1.54, 1.807) is 11.3 Å². The summed E-state index contributed by atoms with van der Waals surface area (Å²) >= 11 is 4.98. The summed E-state index contributed by atoms with van der Waals surface area (Å²) in [6.45, 7) is 6.18. The normalized spacial score (nSPS) is 11.2. The maximum atomic E-state index is 11.9. The Labute approximate surface area is 118 Å². The fourth-order valence-electron chi connectivity index (χ4n) is 1.67. The number of rotatable bonds is 3. The minimum atomic E-state index is -0.116. The third-order valence-electron chi connectivity index (χ3n) is 2.68. The second kappa shape index (κ2) is 5.36. The van der Waals surface area contributed by atoms with Gasteiger partial charge in [-0.05, 0) is 40.4 Å². The monoisotopic (exact) mass is 326 g/mol. The van der Waals surface area contributed by atoms with Gasteiger partial charge in [0.05, 0.1) is 10.6 Å². The second-order valence-corrected chi connectivity index (χ2v) is 6.35. The standard InChI is InChI=1S/C13H15BrN2OS/c1-4-8-5-6-9(18-8)12-15-11(7(2)3)10(14)13(17)16-12/h5-7H,4H2,1-3H3,(H,15,16,17). The Bertz CT molecular complexity index is 616. The lowest BCUT2D eigenvalue weighted by molar-refractivity contribution is 0.804. The van der Waals surface area contributed by atoms with Crippen LogP contribution in [0.25, 0.3) is 10.7 Å². The van der Waals surface area contributed by atoms with E-state index in [1.165, 1.54) is 4.88 Å². The first-order chi connectivity index (χ1) is 8.52. The molecule has 0 radical (unpaired) electrons. The molecule has 2 aromatic rings. The molecular weight excluding hydrogens is 312 g/mol. The Hall–Kier alpha value is -0.940. The molecule has 2 rings (SSSR count). The van der Waals surface area contributed by atoms with Gasteiger partial charge < -0.3 is 4.98 Å².